The highest BCUT2D eigenvalue weighted by Crippen LogP contribution is 2.21. The highest BCUT2D eigenvalue weighted by atomic mass is 32.2. The van der Waals surface area contributed by atoms with Gasteiger partial charge in [0.05, 0.1) is 17.8 Å². The van der Waals surface area contributed by atoms with Gasteiger partial charge in [-0.25, -0.2) is 18.1 Å². The SMILES string of the molecule is N#Cc1ccc(CN2CCC(Oc3ccc(S(=O)(=O)NC4CCN(Cc5ccncc5)CC4)cn3)CC2)cc1. The Bertz CT molecular complexity index is 1340. The topological polar surface area (TPSA) is 111 Å². The van der Waals surface area contributed by atoms with Crippen molar-refractivity contribution in [1.29, 1.82) is 5.26 Å². The minimum Gasteiger partial charge on any atom is -0.474 e. The number of nitrogens with one attached hydrogen (secondary N) is 1. The fourth-order valence-electron chi connectivity index (χ4n) is 5.14. The van der Waals surface area contributed by atoms with Crippen molar-refractivity contribution in [3.8, 4) is 11.9 Å². The number of piperidine rings is 2. The molecule has 0 radical (unpaired) electrons. The Balaban J connectivity index is 1.06. The van der Waals surface area contributed by atoms with Crippen molar-refractivity contribution >= 4 is 10.0 Å². The summed E-state index contributed by atoms with van der Waals surface area (Å²) in [7, 11) is -3.65. The second-order valence-electron chi connectivity index (χ2n) is 10.3. The van der Waals surface area contributed by atoms with Crippen LogP contribution in [0.25, 0.3) is 0 Å². The Morgan fingerprint density at radius 1 is 0.872 bits per heavy atom. The first-order valence-electron chi connectivity index (χ1n) is 13.4. The number of benzene rings is 1. The Kier molecular flexibility index (Phi) is 8.84. The third-order valence-electron chi connectivity index (χ3n) is 7.40. The fourth-order valence-corrected chi connectivity index (χ4v) is 6.39. The number of likely N-dealkylation sites (tertiary alicyclic amines) is 2. The van der Waals surface area contributed by atoms with Gasteiger partial charge in [0.1, 0.15) is 11.0 Å². The zero-order valence-corrected chi connectivity index (χ0v) is 22.8. The highest BCUT2D eigenvalue weighted by Gasteiger charge is 2.26. The molecule has 39 heavy (non-hydrogen) atoms. The van der Waals surface area contributed by atoms with E-state index in [4.69, 9.17) is 10.00 Å². The molecule has 1 N–H and O–H groups in total. The van der Waals surface area contributed by atoms with Crippen LogP contribution in [0.3, 0.4) is 0 Å². The van der Waals surface area contributed by atoms with Crippen LogP contribution in [-0.4, -0.2) is 66.5 Å². The number of pyridine rings is 2. The molecule has 0 saturated carbocycles. The third kappa shape index (κ3) is 7.61. The van der Waals surface area contributed by atoms with Gasteiger partial charge in [0.25, 0.3) is 0 Å². The normalized spacial score (nSPS) is 18.0. The smallest absolute Gasteiger partial charge is 0.242 e. The van der Waals surface area contributed by atoms with Crippen molar-refractivity contribution in [2.45, 2.75) is 55.8 Å². The summed E-state index contributed by atoms with van der Waals surface area (Å²) in [6, 6.07) is 17.0. The van der Waals surface area contributed by atoms with Crippen LogP contribution in [0.4, 0.5) is 0 Å². The average molecular weight is 547 g/mol. The van der Waals surface area contributed by atoms with Crippen LogP contribution in [0, 0.1) is 11.3 Å². The highest BCUT2D eigenvalue weighted by molar-refractivity contribution is 7.89. The molecule has 9 nitrogen and oxygen atoms in total. The lowest BCUT2D eigenvalue weighted by molar-refractivity contribution is 0.0931. The van der Waals surface area contributed by atoms with Crippen LogP contribution < -0.4 is 9.46 Å². The lowest BCUT2D eigenvalue weighted by atomic mass is 10.1. The van der Waals surface area contributed by atoms with Gasteiger partial charge >= 0.3 is 0 Å². The minimum absolute atomic E-state index is 0.0487. The zero-order chi connectivity index (χ0) is 27.1. The number of aromatic nitrogens is 2. The summed E-state index contributed by atoms with van der Waals surface area (Å²) in [5.74, 6) is 0.448. The number of nitriles is 1. The zero-order valence-electron chi connectivity index (χ0n) is 21.9. The first-order chi connectivity index (χ1) is 19.0. The van der Waals surface area contributed by atoms with E-state index in [0.717, 1.165) is 65.0 Å². The van der Waals surface area contributed by atoms with E-state index in [-0.39, 0.29) is 17.0 Å². The van der Waals surface area contributed by atoms with E-state index in [1.807, 2.05) is 36.4 Å². The molecule has 2 fully saturated rings. The Morgan fingerprint density at radius 2 is 1.49 bits per heavy atom. The van der Waals surface area contributed by atoms with Crippen LogP contribution in [-0.2, 0) is 23.1 Å². The summed E-state index contributed by atoms with van der Waals surface area (Å²) in [4.78, 5) is 13.2. The van der Waals surface area contributed by atoms with Crippen molar-refractivity contribution in [1.82, 2.24) is 24.5 Å². The first-order valence-corrected chi connectivity index (χ1v) is 14.9. The molecule has 0 unspecified atom stereocenters. The predicted octanol–water partition coefficient (Wildman–Crippen LogP) is 3.33. The largest absolute Gasteiger partial charge is 0.474 e. The van der Waals surface area contributed by atoms with E-state index in [0.29, 0.717) is 11.4 Å². The molecule has 204 valence electrons. The van der Waals surface area contributed by atoms with E-state index < -0.39 is 10.0 Å². The molecule has 0 amide bonds. The molecule has 0 bridgehead atoms. The molecule has 10 heteroatoms. The molecule has 4 heterocycles. The number of nitrogens with zero attached hydrogens (tertiary/aromatic N) is 5. The molecule has 0 spiro atoms. The number of sulfonamides is 1. The molecule has 2 aromatic heterocycles. The van der Waals surface area contributed by atoms with Crippen LogP contribution in [0.1, 0.15) is 42.4 Å². The Morgan fingerprint density at radius 3 is 2.08 bits per heavy atom. The molecule has 2 aliphatic heterocycles. The Labute approximate surface area is 230 Å². The van der Waals surface area contributed by atoms with Gasteiger partial charge in [0.15, 0.2) is 0 Å². The summed E-state index contributed by atoms with van der Waals surface area (Å²) < 4.78 is 34.8. The van der Waals surface area contributed by atoms with Crippen molar-refractivity contribution in [3.05, 3.63) is 83.8 Å². The van der Waals surface area contributed by atoms with Gasteiger partial charge in [0.2, 0.25) is 15.9 Å². The molecular formula is C29H34N6O3S. The Hall–Kier alpha value is -3.36. The maximum atomic E-state index is 13.0. The van der Waals surface area contributed by atoms with Crippen molar-refractivity contribution in [2.24, 2.45) is 0 Å². The summed E-state index contributed by atoms with van der Waals surface area (Å²) in [6.07, 6.45) is 8.31. The second kappa shape index (κ2) is 12.7. The maximum absolute atomic E-state index is 13.0. The van der Waals surface area contributed by atoms with Crippen LogP contribution in [0.2, 0.25) is 0 Å². The van der Waals surface area contributed by atoms with Gasteiger partial charge in [0, 0.05) is 63.8 Å². The summed E-state index contributed by atoms with van der Waals surface area (Å²) in [6.45, 7) is 5.19. The van der Waals surface area contributed by atoms with Gasteiger partial charge in [-0.05, 0) is 67.1 Å². The predicted molar refractivity (Wildman–Crippen MR) is 147 cm³/mol. The first kappa shape index (κ1) is 27.2. The standard InChI is InChI=1S/C29H34N6O3S/c30-19-23-1-3-24(4-2-23)21-35-17-11-27(12-18-35)38-29-6-5-28(20-32-29)39(36,37)33-26-9-15-34(16-10-26)22-25-7-13-31-14-8-25/h1-8,13-14,20,26-27,33H,9-12,15-18,21-22H2. The monoisotopic (exact) mass is 546 g/mol. The third-order valence-corrected chi connectivity index (χ3v) is 8.90. The van der Waals surface area contributed by atoms with Gasteiger partial charge in [-0.3, -0.25) is 14.8 Å². The molecule has 2 saturated heterocycles. The molecule has 1 aromatic carbocycles. The van der Waals surface area contributed by atoms with Gasteiger partial charge in [-0.1, -0.05) is 12.1 Å². The number of hydrogen-bond donors (Lipinski definition) is 1. The maximum Gasteiger partial charge on any atom is 0.242 e. The minimum atomic E-state index is -3.65. The lowest BCUT2D eigenvalue weighted by Crippen LogP contribution is -2.44. The molecule has 2 aliphatic rings. The lowest BCUT2D eigenvalue weighted by Gasteiger charge is -2.32. The summed E-state index contributed by atoms with van der Waals surface area (Å²) in [5, 5.41) is 8.95. The van der Waals surface area contributed by atoms with Crippen molar-refractivity contribution in [3.63, 3.8) is 0 Å². The fraction of sp³-hybridized carbons (Fsp3) is 0.414. The van der Waals surface area contributed by atoms with E-state index in [1.165, 1.54) is 17.3 Å². The van der Waals surface area contributed by atoms with E-state index >= 15 is 0 Å². The second-order valence-corrected chi connectivity index (χ2v) is 12.0. The van der Waals surface area contributed by atoms with E-state index in [9.17, 15) is 8.42 Å². The number of ether oxygens (including phenoxy) is 1. The van der Waals surface area contributed by atoms with Crippen LogP contribution in [0.15, 0.2) is 72.0 Å². The summed E-state index contributed by atoms with van der Waals surface area (Å²) in [5.41, 5.74) is 3.08. The molecule has 0 atom stereocenters. The van der Waals surface area contributed by atoms with Crippen LogP contribution in [0.5, 0.6) is 5.88 Å². The van der Waals surface area contributed by atoms with Gasteiger partial charge in [-0.2, -0.15) is 5.26 Å². The molecule has 0 aliphatic carbocycles. The quantitative estimate of drug-likeness (QED) is 0.435. The van der Waals surface area contributed by atoms with E-state index in [2.05, 4.69) is 30.6 Å². The molecule has 3 aromatic rings. The molecular weight excluding hydrogens is 512 g/mol. The van der Waals surface area contributed by atoms with Gasteiger partial charge in [-0.15, -0.1) is 0 Å². The summed E-state index contributed by atoms with van der Waals surface area (Å²) >= 11 is 0. The average Bonchev–Trinajstić information content (AvgIpc) is 2.96. The molecule has 5 rings (SSSR count). The van der Waals surface area contributed by atoms with Crippen LogP contribution >= 0.6 is 0 Å². The van der Waals surface area contributed by atoms with E-state index in [1.54, 1.807) is 24.5 Å². The van der Waals surface area contributed by atoms with Crippen molar-refractivity contribution in [2.75, 3.05) is 26.2 Å². The van der Waals surface area contributed by atoms with Crippen molar-refractivity contribution < 1.29 is 13.2 Å². The number of hydrogen-bond acceptors (Lipinski definition) is 8. The number of rotatable bonds is 9. The van der Waals surface area contributed by atoms with Gasteiger partial charge < -0.3 is 4.74 Å².